The summed E-state index contributed by atoms with van der Waals surface area (Å²) in [6, 6.07) is 11.5. The smallest absolute Gasteiger partial charge is 0.257 e. The number of carbonyl (C=O) groups is 2. The van der Waals surface area contributed by atoms with Crippen LogP contribution in [0, 0.1) is 0 Å². The number of thioether (sulfide) groups is 1. The minimum atomic E-state index is -0.463. The molecule has 120 valence electrons. The summed E-state index contributed by atoms with van der Waals surface area (Å²) in [6.45, 7) is 0. The van der Waals surface area contributed by atoms with Crippen molar-refractivity contribution in [3.8, 4) is 5.75 Å². The van der Waals surface area contributed by atoms with E-state index in [1.165, 1.54) is 18.9 Å². The Morgan fingerprint density at radius 1 is 1.13 bits per heavy atom. The molecule has 7 heteroatoms. The second-order valence-corrected chi connectivity index (χ2v) is 6.33. The van der Waals surface area contributed by atoms with Crippen LogP contribution in [0.1, 0.15) is 10.4 Å². The molecule has 0 saturated carbocycles. The zero-order valence-electron chi connectivity index (χ0n) is 12.1. The lowest BCUT2D eigenvalue weighted by molar-refractivity contribution is -0.117. The number of halogens is 2. The molecule has 4 nitrogen and oxygen atoms in total. The molecule has 0 heterocycles. The monoisotopic (exact) mass is 369 g/mol. The first-order valence-electron chi connectivity index (χ1n) is 6.55. The van der Waals surface area contributed by atoms with Gasteiger partial charge in [-0.15, -0.1) is 11.8 Å². The second kappa shape index (κ2) is 8.24. The SMILES string of the molecule is COc1ccc(C(=O)NC(=O)CSc2cc(Cl)ccc2Cl)cc1. The molecular weight excluding hydrogens is 357 g/mol. The van der Waals surface area contributed by atoms with Gasteiger partial charge in [0.25, 0.3) is 5.91 Å². The molecule has 0 atom stereocenters. The molecule has 2 aromatic rings. The number of ether oxygens (including phenoxy) is 1. The number of carbonyl (C=O) groups excluding carboxylic acids is 2. The number of benzene rings is 2. The Hall–Kier alpha value is -1.69. The van der Waals surface area contributed by atoms with Crippen LogP contribution in [0.25, 0.3) is 0 Å². The number of nitrogens with one attached hydrogen (secondary N) is 1. The van der Waals surface area contributed by atoms with E-state index in [0.29, 0.717) is 26.3 Å². The summed E-state index contributed by atoms with van der Waals surface area (Å²) in [6.07, 6.45) is 0. The van der Waals surface area contributed by atoms with E-state index >= 15 is 0 Å². The molecule has 0 aromatic heterocycles. The molecule has 1 N–H and O–H groups in total. The Kier molecular flexibility index (Phi) is 6.33. The summed E-state index contributed by atoms with van der Waals surface area (Å²) < 4.78 is 5.01. The third-order valence-corrected chi connectivity index (χ3v) is 4.59. The normalized spacial score (nSPS) is 10.2. The number of methoxy groups -OCH3 is 1. The fourth-order valence-corrected chi connectivity index (χ4v) is 3.00. The summed E-state index contributed by atoms with van der Waals surface area (Å²) in [5, 5.41) is 3.36. The number of hydrogen-bond donors (Lipinski definition) is 1. The minimum Gasteiger partial charge on any atom is -0.497 e. The molecular formula is C16H13Cl2NO3S. The van der Waals surface area contributed by atoms with Gasteiger partial charge in [-0.2, -0.15) is 0 Å². The zero-order valence-corrected chi connectivity index (χ0v) is 14.5. The Balaban J connectivity index is 1.91. The molecule has 0 saturated heterocycles. The molecule has 0 fully saturated rings. The van der Waals surface area contributed by atoms with E-state index in [4.69, 9.17) is 27.9 Å². The topological polar surface area (TPSA) is 55.4 Å². The molecule has 23 heavy (non-hydrogen) atoms. The van der Waals surface area contributed by atoms with Crippen molar-refractivity contribution in [1.29, 1.82) is 0 Å². The van der Waals surface area contributed by atoms with Crippen LogP contribution in [-0.4, -0.2) is 24.7 Å². The van der Waals surface area contributed by atoms with Gasteiger partial charge in [0.05, 0.1) is 17.9 Å². The van der Waals surface area contributed by atoms with Crippen LogP contribution in [0.4, 0.5) is 0 Å². The highest BCUT2D eigenvalue weighted by atomic mass is 35.5. The average Bonchev–Trinajstić information content (AvgIpc) is 2.55. The van der Waals surface area contributed by atoms with Gasteiger partial charge in [0.1, 0.15) is 5.75 Å². The molecule has 0 spiro atoms. The highest BCUT2D eigenvalue weighted by Crippen LogP contribution is 2.29. The van der Waals surface area contributed by atoms with Crippen LogP contribution in [0.3, 0.4) is 0 Å². The van der Waals surface area contributed by atoms with Crippen LogP contribution >= 0.6 is 35.0 Å². The summed E-state index contributed by atoms with van der Waals surface area (Å²) in [5.74, 6) is -0.177. The third-order valence-electron chi connectivity index (χ3n) is 2.86. The van der Waals surface area contributed by atoms with Crippen molar-refractivity contribution in [2.75, 3.05) is 12.9 Å². The van der Waals surface area contributed by atoms with Gasteiger partial charge in [-0.1, -0.05) is 23.2 Å². The van der Waals surface area contributed by atoms with Gasteiger partial charge >= 0.3 is 0 Å². The molecule has 0 aliphatic carbocycles. The molecule has 0 radical (unpaired) electrons. The first kappa shape index (κ1) is 17.7. The number of imide groups is 1. The fraction of sp³-hybridized carbons (Fsp3) is 0.125. The van der Waals surface area contributed by atoms with Crippen molar-refractivity contribution in [2.45, 2.75) is 4.90 Å². The van der Waals surface area contributed by atoms with E-state index < -0.39 is 11.8 Å². The number of amides is 2. The lowest BCUT2D eigenvalue weighted by Crippen LogP contribution is -2.31. The first-order valence-corrected chi connectivity index (χ1v) is 8.30. The van der Waals surface area contributed by atoms with Crippen molar-refractivity contribution in [1.82, 2.24) is 5.32 Å². The van der Waals surface area contributed by atoms with Crippen LogP contribution in [0.2, 0.25) is 10.0 Å². The zero-order chi connectivity index (χ0) is 16.8. The maximum Gasteiger partial charge on any atom is 0.257 e. The quantitative estimate of drug-likeness (QED) is 0.807. The van der Waals surface area contributed by atoms with E-state index in [1.54, 1.807) is 42.5 Å². The maximum absolute atomic E-state index is 12.0. The standard InChI is InChI=1S/C16H13Cl2NO3S/c1-22-12-5-2-10(3-6-12)16(21)19-15(20)9-23-14-8-11(17)4-7-13(14)18/h2-8H,9H2,1H3,(H,19,20,21). The van der Waals surface area contributed by atoms with Crippen molar-refractivity contribution in [2.24, 2.45) is 0 Å². The average molecular weight is 370 g/mol. The highest BCUT2D eigenvalue weighted by Gasteiger charge is 2.12. The Labute approximate surface area is 148 Å². The first-order chi connectivity index (χ1) is 11.0. The lowest BCUT2D eigenvalue weighted by Gasteiger charge is -2.06. The van der Waals surface area contributed by atoms with Crippen molar-refractivity contribution < 1.29 is 14.3 Å². The molecule has 0 bridgehead atoms. The third kappa shape index (κ3) is 5.16. The summed E-state index contributed by atoms with van der Waals surface area (Å²) >= 11 is 13.1. The predicted molar refractivity (Wildman–Crippen MR) is 92.7 cm³/mol. The molecule has 2 rings (SSSR count). The van der Waals surface area contributed by atoms with Gasteiger partial charge in [-0.05, 0) is 42.5 Å². The van der Waals surface area contributed by atoms with Crippen molar-refractivity contribution in [3.63, 3.8) is 0 Å². The Morgan fingerprint density at radius 3 is 2.48 bits per heavy atom. The fourth-order valence-electron chi connectivity index (χ4n) is 1.71. The van der Waals surface area contributed by atoms with Gasteiger partial charge in [0, 0.05) is 15.5 Å². The van der Waals surface area contributed by atoms with E-state index in [9.17, 15) is 9.59 Å². The van der Waals surface area contributed by atoms with Gasteiger partial charge in [-0.25, -0.2) is 0 Å². The highest BCUT2D eigenvalue weighted by molar-refractivity contribution is 8.00. The van der Waals surface area contributed by atoms with Crippen molar-refractivity contribution >= 4 is 46.8 Å². The van der Waals surface area contributed by atoms with Crippen LogP contribution in [0.5, 0.6) is 5.75 Å². The second-order valence-electron chi connectivity index (χ2n) is 4.47. The predicted octanol–water partition coefficient (Wildman–Crippen LogP) is 4.05. The van der Waals surface area contributed by atoms with Crippen LogP contribution in [0.15, 0.2) is 47.4 Å². The molecule has 0 aliphatic rings. The van der Waals surface area contributed by atoms with E-state index in [2.05, 4.69) is 5.32 Å². The van der Waals surface area contributed by atoms with Gasteiger partial charge in [0.15, 0.2) is 0 Å². The van der Waals surface area contributed by atoms with E-state index in [1.807, 2.05) is 0 Å². The van der Waals surface area contributed by atoms with Gasteiger partial charge in [0.2, 0.25) is 5.91 Å². The summed E-state index contributed by atoms with van der Waals surface area (Å²) in [7, 11) is 1.54. The van der Waals surface area contributed by atoms with E-state index in [-0.39, 0.29) is 5.75 Å². The lowest BCUT2D eigenvalue weighted by atomic mass is 10.2. The minimum absolute atomic E-state index is 0.0575. The Morgan fingerprint density at radius 2 is 1.83 bits per heavy atom. The van der Waals surface area contributed by atoms with Crippen LogP contribution < -0.4 is 10.1 Å². The molecule has 0 aliphatic heterocycles. The maximum atomic E-state index is 12.0. The molecule has 2 aromatic carbocycles. The van der Waals surface area contributed by atoms with E-state index in [0.717, 1.165) is 0 Å². The molecule has 0 unspecified atom stereocenters. The van der Waals surface area contributed by atoms with Crippen LogP contribution in [-0.2, 0) is 4.79 Å². The number of rotatable bonds is 5. The van der Waals surface area contributed by atoms with Gasteiger partial charge in [-0.3, -0.25) is 14.9 Å². The Bertz CT molecular complexity index is 720. The summed E-state index contributed by atoms with van der Waals surface area (Å²) in [5.41, 5.74) is 0.380. The largest absolute Gasteiger partial charge is 0.497 e. The number of hydrogen-bond acceptors (Lipinski definition) is 4. The molecule has 2 amide bonds. The van der Waals surface area contributed by atoms with Crippen molar-refractivity contribution in [3.05, 3.63) is 58.1 Å². The van der Waals surface area contributed by atoms with Gasteiger partial charge < -0.3 is 4.74 Å². The summed E-state index contributed by atoms with van der Waals surface area (Å²) in [4.78, 5) is 24.5.